The highest BCUT2D eigenvalue weighted by molar-refractivity contribution is 6.02. The SMILES string of the molecule is C[C@@H](C1CCN(C(=O)c2ccc3cccnc3c2O)CC1)N1CCOCC1. The fourth-order valence-corrected chi connectivity index (χ4v) is 4.34. The van der Waals surface area contributed by atoms with Gasteiger partial charge in [0.25, 0.3) is 5.91 Å². The summed E-state index contributed by atoms with van der Waals surface area (Å²) in [6, 6.07) is 7.79. The van der Waals surface area contributed by atoms with Crippen LogP contribution in [-0.4, -0.2) is 71.2 Å². The maximum atomic E-state index is 13.0. The minimum atomic E-state index is -0.0995. The molecular weight excluding hydrogens is 342 g/mol. The highest BCUT2D eigenvalue weighted by Gasteiger charge is 2.31. The number of piperidine rings is 1. The number of fused-ring (bicyclic) bond motifs is 1. The maximum absolute atomic E-state index is 13.0. The lowest BCUT2D eigenvalue weighted by Crippen LogP contribution is -2.49. The van der Waals surface area contributed by atoms with Crippen molar-refractivity contribution in [2.75, 3.05) is 39.4 Å². The summed E-state index contributed by atoms with van der Waals surface area (Å²) >= 11 is 0. The molecule has 2 aliphatic heterocycles. The first kappa shape index (κ1) is 18.2. The van der Waals surface area contributed by atoms with Crippen molar-refractivity contribution in [2.24, 2.45) is 5.92 Å². The third-order valence-electron chi connectivity index (χ3n) is 6.11. The molecule has 0 aliphatic carbocycles. The van der Waals surface area contributed by atoms with Crippen LogP contribution in [0.5, 0.6) is 5.75 Å². The fraction of sp³-hybridized carbons (Fsp3) is 0.524. The van der Waals surface area contributed by atoms with E-state index in [9.17, 15) is 9.90 Å². The van der Waals surface area contributed by atoms with Crippen LogP contribution in [0.4, 0.5) is 0 Å². The molecule has 0 bridgehead atoms. The van der Waals surface area contributed by atoms with E-state index in [1.54, 1.807) is 12.3 Å². The number of aromatic hydroxyl groups is 1. The molecule has 1 amide bonds. The zero-order valence-electron chi connectivity index (χ0n) is 15.8. The molecule has 0 spiro atoms. The molecular formula is C21H27N3O3. The first-order valence-corrected chi connectivity index (χ1v) is 9.83. The van der Waals surface area contributed by atoms with Crippen LogP contribution in [0.1, 0.15) is 30.1 Å². The van der Waals surface area contributed by atoms with Crippen LogP contribution >= 0.6 is 0 Å². The number of phenols is 1. The molecule has 2 fully saturated rings. The van der Waals surface area contributed by atoms with Crippen molar-refractivity contribution in [1.29, 1.82) is 0 Å². The molecule has 4 rings (SSSR count). The molecule has 3 heterocycles. The minimum Gasteiger partial charge on any atom is -0.505 e. The highest BCUT2D eigenvalue weighted by Crippen LogP contribution is 2.30. The van der Waals surface area contributed by atoms with Gasteiger partial charge in [-0.2, -0.15) is 0 Å². The van der Waals surface area contributed by atoms with Crippen LogP contribution in [0.25, 0.3) is 10.9 Å². The summed E-state index contributed by atoms with van der Waals surface area (Å²) in [6.45, 7) is 7.40. The number of rotatable bonds is 3. The first-order valence-electron chi connectivity index (χ1n) is 9.83. The lowest BCUT2D eigenvalue weighted by atomic mass is 9.89. The molecule has 0 saturated carbocycles. The van der Waals surface area contributed by atoms with Crippen molar-refractivity contribution in [3.8, 4) is 5.75 Å². The Kier molecular flexibility index (Phi) is 5.27. The number of benzene rings is 1. The Morgan fingerprint density at radius 1 is 1.19 bits per heavy atom. The average Bonchev–Trinajstić information content (AvgIpc) is 2.74. The average molecular weight is 369 g/mol. The van der Waals surface area contributed by atoms with E-state index in [1.807, 2.05) is 23.1 Å². The first-order chi connectivity index (χ1) is 13.1. The van der Waals surface area contributed by atoms with Crippen LogP contribution in [0, 0.1) is 5.92 Å². The quantitative estimate of drug-likeness (QED) is 0.901. The predicted molar refractivity (Wildman–Crippen MR) is 104 cm³/mol. The van der Waals surface area contributed by atoms with Gasteiger partial charge < -0.3 is 14.7 Å². The molecule has 27 heavy (non-hydrogen) atoms. The Morgan fingerprint density at radius 2 is 1.93 bits per heavy atom. The second-order valence-electron chi connectivity index (χ2n) is 7.56. The number of pyridine rings is 1. The maximum Gasteiger partial charge on any atom is 0.257 e. The summed E-state index contributed by atoms with van der Waals surface area (Å²) < 4.78 is 5.45. The van der Waals surface area contributed by atoms with Gasteiger partial charge in [-0.3, -0.25) is 14.7 Å². The molecule has 2 aliphatic rings. The van der Waals surface area contributed by atoms with E-state index in [-0.39, 0.29) is 11.7 Å². The largest absolute Gasteiger partial charge is 0.505 e. The third kappa shape index (κ3) is 3.64. The highest BCUT2D eigenvalue weighted by atomic mass is 16.5. The Balaban J connectivity index is 1.42. The van der Waals surface area contributed by atoms with Gasteiger partial charge in [-0.15, -0.1) is 0 Å². The third-order valence-corrected chi connectivity index (χ3v) is 6.11. The summed E-state index contributed by atoms with van der Waals surface area (Å²) in [7, 11) is 0. The monoisotopic (exact) mass is 369 g/mol. The fourth-order valence-electron chi connectivity index (χ4n) is 4.34. The molecule has 0 unspecified atom stereocenters. The van der Waals surface area contributed by atoms with Gasteiger partial charge in [0.2, 0.25) is 0 Å². The van der Waals surface area contributed by atoms with Crippen LogP contribution in [0.15, 0.2) is 30.5 Å². The number of carbonyl (C=O) groups is 1. The molecule has 1 atom stereocenters. The summed E-state index contributed by atoms with van der Waals surface area (Å²) in [6.07, 6.45) is 3.63. The number of ether oxygens (including phenoxy) is 1. The minimum absolute atomic E-state index is 0.0121. The summed E-state index contributed by atoms with van der Waals surface area (Å²) in [4.78, 5) is 21.5. The van der Waals surface area contributed by atoms with Gasteiger partial charge in [0.15, 0.2) is 5.75 Å². The van der Waals surface area contributed by atoms with E-state index in [0.717, 1.165) is 57.6 Å². The number of aromatic nitrogens is 1. The standard InChI is InChI=1S/C21H27N3O3/c1-15(23-11-13-27-14-12-23)16-6-9-24(10-7-16)21(26)18-5-4-17-3-2-8-22-19(17)20(18)25/h2-5,8,15-16,25H,6-7,9-14H2,1H3/t15-/m0/s1. The van der Waals surface area contributed by atoms with Crippen LogP contribution < -0.4 is 0 Å². The van der Waals surface area contributed by atoms with Gasteiger partial charge in [0.05, 0.1) is 18.8 Å². The number of hydrogen-bond donors (Lipinski definition) is 1. The lowest BCUT2D eigenvalue weighted by molar-refractivity contribution is -0.000963. The van der Waals surface area contributed by atoms with E-state index in [4.69, 9.17) is 4.74 Å². The summed E-state index contributed by atoms with van der Waals surface area (Å²) in [5.74, 6) is 0.485. The van der Waals surface area contributed by atoms with Crippen molar-refractivity contribution < 1.29 is 14.6 Å². The number of morpholine rings is 1. The van der Waals surface area contributed by atoms with Crippen molar-refractivity contribution in [3.63, 3.8) is 0 Å². The van der Waals surface area contributed by atoms with E-state index in [1.165, 1.54) is 0 Å². The molecule has 2 saturated heterocycles. The number of phenolic OH excluding ortho intramolecular Hbond substituents is 1. The Bertz CT molecular complexity index is 811. The Morgan fingerprint density at radius 3 is 2.67 bits per heavy atom. The van der Waals surface area contributed by atoms with Gasteiger partial charge in [-0.05, 0) is 37.8 Å². The van der Waals surface area contributed by atoms with Gasteiger partial charge in [-0.25, -0.2) is 0 Å². The zero-order valence-corrected chi connectivity index (χ0v) is 15.8. The number of likely N-dealkylation sites (tertiary alicyclic amines) is 1. The van der Waals surface area contributed by atoms with Gasteiger partial charge in [-0.1, -0.05) is 12.1 Å². The topological polar surface area (TPSA) is 65.9 Å². The van der Waals surface area contributed by atoms with E-state index < -0.39 is 0 Å². The zero-order chi connectivity index (χ0) is 18.8. The smallest absolute Gasteiger partial charge is 0.257 e. The molecule has 1 aromatic carbocycles. The van der Waals surface area contributed by atoms with Crippen molar-refractivity contribution >= 4 is 16.8 Å². The van der Waals surface area contributed by atoms with E-state index in [0.29, 0.717) is 23.0 Å². The molecule has 1 N–H and O–H groups in total. The molecule has 1 aromatic heterocycles. The number of nitrogens with zero attached hydrogens (tertiary/aromatic N) is 3. The molecule has 144 valence electrons. The lowest BCUT2D eigenvalue weighted by Gasteiger charge is -2.41. The van der Waals surface area contributed by atoms with Gasteiger partial charge in [0.1, 0.15) is 5.52 Å². The van der Waals surface area contributed by atoms with E-state index >= 15 is 0 Å². The molecule has 0 radical (unpaired) electrons. The van der Waals surface area contributed by atoms with E-state index in [2.05, 4.69) is 16.8 Å². The van der Waals surface area contributed by atoms with Crippen molar-refractivity contribution in [1.82, 2.24) is 14.8 Å². The Hall–Kier alpha value is -2.18. The van der Waals surface area contributed by atoms with Gasteiger partial charge in [0, 0.05) is 43.8 Å². The molecule has 6 nitrogen and oxygen atoms in total. The second-order valence-corrected chi connectivity index (χ2v) is 7.56. The number of hydrogen-bond acceptors (Lipinski definition) is 5. The van der Waals surface area contributed by atoms with Crippen molar-refractivity contribution in [2.45, 2.75) is 25.8 Å². The molecule has 6 heteroatoms. The predicted octanol–water partition coefficient (Wildman–Crippen LogP) is 2.51. The van der Waals surface area contributed by atoms with Crippen LogP contribution in [0.2, 0.25) is 0 Å². The Labute approximate surface area is 159 Å². The number of amides is 1. The van der Waals surface area contributed by atoms with Gasteiger partial charge >= 0.3 is 0 Å². The summed E-state index contributed by atoms with van der Waals surface area (Å²) in [5, 5.41) is 11.4. The van der Waals surface area contributed by atoms with Crippen LogP contribution in [0.3, 0.4) is 0 Å². The van der Waals surface area contributed by atoms with Crippen molar-refractivity contribution in [3.05, 3.63) is 36.0 Å². The number of carbonyl (C=O) groups excluding carboxylic acids is 1. The second kappa shape index (κ2) is 7.82. The van der Waals surface area contributed by atoms with Crippen LogP contribution in [-0.2, 0) is 4.74 Å². The molecule has 2 aromatic rings. The normalized spacial score (nSPS) is 20.7. The summed E-state index contributed by atoms with van der Waals surface area (Å²) in [5.41, 5.74) is 0.833.